The van der Waals surface area contributed by atoms with E-state index >= 15 is 0 Å². The van der Waals surface area contributed by atoms with Gasteiger partial charge in [0.2, 0.25) is 0 Å². The van der Waals surface area contributed by atoms with Crippen molar-refractivity contribution in [1.82, 2.24) is 4.90 Å². The number of hydrogen-bond donors (Lipinski definition) is 0. The van der Waals surface area contributed by atoms with E-state index in [9.17, 15) is 4.79 Å². The van der Waals surface area contributed by atoms with Crippen LogP contribution in [0.15, 0.2) is 48.5 Å². The number of amides is 1. The number of nitrogens with zero attached hydrogens (tertiary/aromatic N) is 1. The molecule has 0 saturated carbocycles. The first-order valence-electron chi connectivity index (χ1n) is 7.19. The molecule has 3 heteroatoms. The van der Waals surface area contributed by atoms with Gasteiger partial charge in [-0.05, 0) is 25.0 Å². The van der Waals surface area contributed by atoms with Crippen molar-refractivity contribution in [3.63, 3.8) is 0 Å². The van der Waals surface area contributed by atoms with E-state index in [0.717, 1.165) is 23.1 Å². The molecule has 21 heavy (non-hydrogen) atoms. The third-order valence-electron chi connectivity index (χ3n) is 3.97. The van der Waals surface area contributed by atoms with Crippen LogP contribution in [0.3, 0.4) is 0 Å². The summed E-state index contributed by atoms with van der Waals surface area (Å²) in [5, 5.41) is 0. The average Bonchev–Trinajstić information content (AvgIpc) is 2.51. The lowest BCUT2D eigenvalue weighted by Gasteiger charge is -2.34. The van der Waals surface area contributed by atoms with Gasteiger partial charge in [0.25, 0.3) is 5.91 Å². The van der Waals surface area contributed by atoms with Crippen molar-refractivity contribution in [2.24, 2.45) is 0 Å². The number of aryl methyl sites for hydroxylation is 1. The zero-order chi connectivity index (χ0) is 14.8. The van der Waals surface area contributed by atoms with Crippen LogP contribution in [-0.4, -0.2) is 24.5 Å². The van der Waals surface area contributed by atoms with Crippen molar-refractivity contribution in [1.29, 1.82) is 0 Å². The summed E-state index contributed by atoms with van der Waals surface area (Å²) in [4.78, 5) is 14.6. The lowest BCUT2D eigenvalue weighted by Crippen LogP contribution is -2.41. The molecule has 2 aromatic carbocycles. The average molecular weight is 281 g/mol. The second-order valence-electron chi connectivity index (χ2n) is 5.41. The Morgan fingerprint density at radius 2 is 1.90 bits per heavy atom. The van der Waals surface area contributed by atoms with Gasteiger partial charge in [-0.3, -0.25) is 4.79 Å². The molecule has 2 aromatic rings. The number of carbonyl (C=O) groups excluding carboxylic acids is 1. The van der Waals surface area contributed by atoms with E-state index in [1.807, 2.05) is 47.4 Å². The first kappa shape index (κ1) is 13.8. The van der Waals surface area contributed by atoms with E-state index in [4.69, 9.17) is 4.74 Å². The molecule has 108 valence electrons. The second-order valence-corrected chi connectivity index (χ2v) is 5.41. The maximum Gasteiger partial charge on any atom is 0.256 e. The van der Waals surface area contributed by atoms with Gasteiger partial charge in [0.05, 0.1) is 0 Å². The van der Waals surface area contributed by atoms with Crippen LogP contribution < -0.4 is 0 Å². The van der Waals surface area contributed by atoms with Gasteiger partial charge in [0.15, 0.2) is 6.23 Å². The normalized spacial score (nSPS) is 15.7. The molecule has 0 aliphatic carbocycles. The van der Waals surface area contributed by atoms with Crippen molar-refractivity contribution >= 4 is 5.91 Å². The summed E-state index contributed by atoms with van der Waals surface area (Å²) in [5.74, 6) is 0.0481. The van der Waals surface area contributed by atoms with Gasteiger partial charge >= 0.3 is 0 Å². The van der Waals surface area contributed by atoms with E-state index in [1.54, 1.807) is 7.11 Å². The quantitative estimate of drug-likeness (QED) is 0.863. The molecular formula is C18H19NO2. The third-order valence-corrected chi connectivity index (χ3v) is 3.97. The Hall–Kier alpha value is -2.13. The van der Waals surface area contributed by atoms with Crippen LogP contribution >= 0.6 is 0 Å². The second kappa shape index (κ2) is 5.70. The summed E-state index contributed by atoms with van der Waals surface area (Å²) in [5.41, 5.74) is 4.13. The minimum absolute atomic E-state index is 0.0481. The molecule has 1 heterocycles. The van der Waals surface area contributed by atoms with Gasteiger partial charge in [0.1, 0.15) is 0 Å². The minimum atomic E-state index is -0.326. The number of rotatable bonds is 3. The van der Waals surface area contributed by atoms with Crippen molar-refractivity contribution in [2.75, 3.05) is 13.7 Å². The van der Waals surface area contributed by atoms with Crippen LogP contribution in [0.2, 0.25) is 0 Å². The summed E-state index contributed by atoms with van der Waals surface area (Å²) >= 11 is 0. The third kappa shape index (κ3) is 2.57. The van der Waals surface area contributed by atoms with Crippen LogP contribution in [0.4, 0.5) is 0 Å². The SMILES string of the molecule is COC(c1ccccc1)N1CCc2cc(C)ccc2C1=O. The Balaban J connectivity index is 1.93. The molecule has 1 aliphatic rings. The van der Waals surface area contributed by atoms with Gasteiger partial charge in [-0.1, -0.05) is 48.0 Å². The molecule has 3 rings (SSSR count). The molecule has 0 radical (unpaired) electrons. The van der Waals surface area contributed by atoms with Gasteiger partial charge in [-0.15, -0.1) is 0 Å². The summed E-state index contributed by atoms with van der Waals surface area (Å²) < 4.78 is 5.59. The highest BCUT2D eigenvalue weighted by Gasteiger charge is 2.30. The molecule has 0 saturated heterocycles. The van der Waals surface area contributed by atoms with E-state index in [0.29, 0.717) is 6.54 Å². The number of hydrogen-bond acceptors (Lipinski definition) is 2. The molecule has 1 unspecified atom stereocenters. The van der Waals surface area contributed by atoms with Crippen LogP contribution in [0, 0.1) is 6.92 Å². The van der Waals surface area contributed by atoms with E-state index in [-0.39, 0.29) is 12.1 Å². The summed E-state index contributed by atoms with van der Waals surface area (Å²) in [6.45, 7) is 2.74. The molecule has 0 N–H and O–H groups in total. The number of ether oxygens (including phenoxy) is 1. The number of benzene rings is 2. The van der Waals surface area contributed by atoms with E-state index in [1.165, 1.54) is 5.56 Å². The Bertz CT molecular complexity index is 652. The Morgan fingerprint density at radius 1 is 1.14 bits per heavy atom. The van der Waals surface area contributed by atoms with Gasteiger partial charge in [-0.2, -0.15) is 0 Å². The number of carbonyl (C=O) groups is 1. The van der Waals surface area contributed by atoms with Crippen LogP contribution in [-0.2, 0) is 11.2 Å². The molecule has 1 atom stereocenters. The Morgan fingerprint density at radius 3 is 2.62 bits per heavy atom. The largest absolute Gasteiger partial charge is 0.357 e. The Labute approximate surface area is 125 Å². The fraction of sp³-hybridized carbons (Fsp3) is 0.278. The van der Waals surface area contributed by atoms with Gasteiger partial charge in [-0.25, -0.2) is 0 Å². The zero-order valence-corrected chi connectivity index (χ0v) is 12.4. The Kier molecular flexibility index (Phi) is 3.76. The first-order valence-corrected chi connectivity index (χ1v) is 7.19. The van der Waals surface area contributed by atoms with Crippen LogP contribution in [0.5, 0.6) is 0 Å². The summed E-state index contributed by atoms with van der Waals surface area (Å²) in [7, 11) is 1.65. The fourth-order valence-electron chi connectivity index (χ4n) is 2.92. The van der Waals surface area contributed by atoms with Crippen LogP contribution in [0.25, 0.3) is 0 Å². The molecule has 0 spiro atoms. The summed E-state index contributed by atoms with van der Waals surface area (Å²) in [6, 6.07) is 15.9. The molecule has 1 aliphatic heterocycles. The van der Waals surface area contributed by atoms with Gasteiger partial charge < -0.3 is 9.64 Å². The highest BCUT2D eigenvalue weighted by Crippen LogP contribution is 2.28. The molecule has 0 bridgehead atoms. The van der Waals surface area contributed by atoms with Crippen molar-refractivity contribution in [2.45, 2.75) is 19.6 Å². The zero-order valence-electron chi connectivity index (χ0n) is 12.4. The lowest BCUT2D eigenvalue weighted by atomic mass is 9.96. The smallest absolute Gasteiger partial charge is 0.256 e. The fourth-order valence-corrected chi connectivity index (χ4v) is 2.92. The standard InChI is InChI=1S/C18H19NO2/c1-13-8-9-16-15(12-13)10-11-19(17(16)20)18(21-2)14-6-4-3-5-7-14/h3-9,12,18H,10-11H2,1-2H3. The maximum atomic E-state index is 12.7. The maximum absolute atomic E-state index is 12.7. The van der Waals surface area contributed by atoms with Gasteiger partial charge in [0, 0.05) is 24.8 Å². The number of methoxy groups -OCH3 is 1. The molecular weight excluding hydrogens is 262 g/mol. The molecule has 0 aromatic heterocycles. The molecule has 1 amide bonds. The molecule has 0 fully saturated rings. The van der Waals surface area contributed by atoms with Crippen molar-refractivity contribution < 1.29 is 9.53 Å². The van der Waals surface area contributed by atoms with Crippen molar-refractivity contribution in [3.05, 3.63) is 70.8 Å². The molecule has 3 nitrogen and oxygen atoms in total. The summed E-state index contributed by atoms with van der Waals surface area (Å²) in [6.07, 6.45) is 0.545. The van der Waals surface area contributed by atoms with E-state index < -0.39 is 0 Å². The van der Waals surface area contributed by atoms with Crippen molar-refractivity contribution in [3.8, 4) is 0 Å². The minimum Gasteiger partial charge on any atom is -0.357 e. The lowest BCUT2D eigenvalue weighted by molar-refractivity contribution is -0.0242. The highest BCUT2D eigenvalue weighted by molar-refractivity contribution is 5.97. The first-order chi connectivity index (χ1) is 10.2. The predicted molar refractivity (Wildman–Crippen MR) is 82.1 cm³/mol. The van der Waals surface area contributed by atoms with Crippen LogP contribution in [0.1, 0.15) is 33.3 Å². The van der Waals surface area contributed by atoms with E-state index in [2.05, 4.69) is 13.0 Å². The monoisotopic (exact) mass is 281 g/mol. The predicted octanol–water partition coefficient (Wildman–Crippen LogP) is 3.34. The highest BCUT2D eigenvalue weighted by atomic mass is 16.5. The number of fused-ring (bicyclic) bond motifs is 1. The topological polar surface area (TPSA) is 29.5 Å².